The standard InChI is InChI=1S/C26H15F3O5/c27-26(28,29)17-6-3-4-15(10-17)14-32-18-8-9-19-20(13-24(30)33-23(19)12-18)21-11-16-5-1-2-7-22(16)34-25(21)31/h1-13H,14H2. The van der Waals surface area contributed by atoms with E-state index in [1.807, 2.05) is 0 Å². The molecule has 5 rings (SSSR count). The Labute approximate surface area is 189 Å². The van der Waals surface area contributed by atoms with E-state index in [0.29, 0.717) is 27.5 Å². The Hall–Kier alpha value is -4.33. The Balaban J connectivity index is 1.51. The van der Waals surface area contributed by atoms with Gasteiger partial charge in [0, 0.05) is 28.5 Å². The molecule has 2 heterocycles. The van der Waals surface area contributed by atoms with Crippen LogP contribution in [0.25, 0.3) is 33.1 Å². The predicted octanol–water partition coefficient (Wildman–Crippen LogP) is 6.16. The minimum atomic E-state index is -4.45. The number of rotatable bonds is 4. The van der Waals surface area contributed by atoms with Gasteiger partial charge >= 0.3 is 17.4 Å². The molecule has 0 N–H and O–H groups in total. The van der Waals surface area contributed by atoms with E-state index in [4.69, 9.17) is 13.6 Å². The summed E-state index contributed by atoms with van der Waals surface area (Å²) in [6, 6.07) is 19.4. The van der Waals surface area contributed by atoms with Gasteiger partial charge in [-0.2, -0.15) is 13.2 Å². The van der Waals surface area contributed by atoms with Crippen LogP contribution in [0.4, 0.5) is 13.2 Å². The molecule has 0 aliphatic heterocycles. The second kappa shape index (κ2) is 8.22. The molecular weight excluding hydrogens is 449 g/mol. The molecule has 0 saturated heterocycles. The average Bonchev–Trinajstić information content (AvgIpc) is 2.81. The van der Waals surface area contributed by atoms with Crippen LogP contribution in [-0.4, -0.2) is 0 Å². The molecule has 0 saturated carbocycles. The molecule has 5 nitrogen and oxygen atoms in total. The smallest absolute Gasteiger partial charge is 0.416 e. The molecule has 0 spiro atoms. The number of fused-ring (bicyclic) bond motifs is 2. The van der Waals surface area contributed by atoms with Gasteiger partial charge in [-0.05, 0) is 42.0 Å². The van der Waals surface area contributed by atoms with E-state index < -0.39 is 23.0 Å². The Morgan fingerprint density at radius 2 is 1.59 bits per heavy atom. The fraction of sp³-hybridized carbons (Fsp3) is 0.0769. The number of para-hydroxylation sites is 1. The summed E-state index contributed by atoms with van der Waals surface area (Å²) < 4.78 is 55.1. The van der Waals surface area contributed by atoms with Crippen molar-refractivity contribution in [1.29, 1.82) is 0 Å². The molecule has 0 radical (unpaired) electrons. The predicted molar refractivity (Wildman–Crippen MR) is 120 cm³/mol. The maximum atomic E-state index is 12.9. The largest absolute Gasteiger partial charge is 0.489 e. The lowest BCUT2D eigenvalue weighted by atomic mass is 10.0. The molecule has 5 aromatic rings. The molecule has 34 heavy (non-hydrogen) atoms. The van der Waals surface area contributed by atoms with E-state index in [0.717, 1.165) is 12.1 Å². The first-order valence-corrected chi connectivity index (χ1v) is 10.2. The summed E-state index contributed by atoms with van der Waals surface area (Å²) in [6.07, 6.45) is -4.45. The maximum Gasteiger partial charge on any atom is 0.416 e. The van der Waals surface area contributed by atoms with Gasteiger partial charge in [0.1, 0.15) is 23.5 Å². The van der Waals surface area contributed by atoms with Crippen molar-refractivity contribution in [2.75, 3.05) is 0 Å². The van der Waals surface area contributed by atoms with Gasteiger partial charge in [0.05, 0.1) is 11.1 Å². The first kappa shape index (κ1) is 21.5. The molecule has 0 atom stereocenters. The van der Waals surface area contributed by atoms with Gasteiger partial charge in [0.25, 0.3) is 0 Å². The third-order valence-corrected chi connectivity index (χ3v) is 5.31. The SMILES string of the molecule is O=c1cc(-c2cc3ccccc3oc2=O)c2ccc(OCc3cccc(C(F)(F)F)c3)cc2o1. The highest BCUT2D eigenvalue weighted by atomic mass is 19.4. The first-order valence-electron chi connectivity index (χ1n) is 10.2. The van der Waals surface area contributed by atoms with Gasteiger partial charge in [-0.25, -0.2) is 9.59 Å². The molecule has 0 amide bonds. The first-order chi connectivity index (χ1) is 16.3. The van der Waals surface area contributed by atoms with Gasteiger partial charge in [-0.1, -0.05) is 30.3 Å². The summed E-state index contributed by atoms with van der Waals surface area (Å²) in [4.78, 5) is 24.8. The summed E-state index contributed by atoms with van der Waals surface area (Å²) in [7, 11) is 0. The monoisotopic (exact) mass is 464 g/mol. The fourth-order valence-corrected chi connectivity index (χ4v) is 3.71. The highest BCUT2D eigenvalue weighted by Crippen LogP contribution is 2.31. The second-order valence-electron chi connectivity index (χ2n) is 7.61. The van der Waals surface area contributed by atoms with E-state index in [1.165, 1.54) is 24.3 Å². The molecule has 0 aliphatic carbocycles. The summed E-state index contributed by atoms with van der Waals surface area (Å²) in [5.41, 5.74) is -0.578. The summed E-state index contributed by atoms with van der Waals surface area (Å²) in [5.74, 6) is 0.288. The molecule has 170 valence electrons. The third kappa shape index (κ3) is 4.17. The van der Waals surface area contributed by atoms with E-state index >= 15 is 0 Å². The molecule has 0 bridgehead atoms. The minimum Gasteiger partial charge on any atom is -0.489 e. The van der Waals surface area contributed by atoms with Gasteiger partial charge < -0.3 is 13.6 Å². The number of benzene rings is 3. The highest BCUT2D eigenvalue weighted by Gasteiger charge is 2.30. The topological polar surface area (TPSA) is 69.7 Å². The Kier molecular flexibility index (Phi) is 5.20. The van der Waals surface area contributed by atoms with Gasteiger partial charge in [0.2, 0.25) is 0 Å². The highest BCUT2D eigenvalue weighted by molar-refractivity contribution is 5.95. The van der Waals surface area contributed by atoms with Crippen molar-refractivity contribution < 1.29 is 26.7 Å². The lowest BCUT2D eigenvalue weighted by Crippen LogP contribution is -2.07. The van der Waals surface area contributed by atoms with E-state index in [-0.39, 0.29) is 23.5 Å². The number of ether oxygens (including phenoxy) is 1. The number of halogens is 3. The minimum absolute atomic E-state index is 0.117. The van der Waals surface area contributed by atoms with Crippen LogP contribution in [0.3, 0.4) is 0 Å². The normalized spacial score (nSPS) is 11.7. The van der Waals surface area contributed by atoms with E-state index in [1.54, 1.807) is 42.5 Å². The van der Waals surface area contributed by atoms with Crippen molar-refractivity contribution in [2.45, 2.75) is 12.8 Å². The lowest BCUT2D eigenvalue weighted by Gasteiger charge is -2.11. The second-order valence-corrected chi connectivity index (χ2v) is 7.61. The number of hydrogen-bond donors (Lipinski definition) is 0. The van der Waals surface area contributed by atoms with Crippen molar-refractivity contribution in [1.82, 2.24) is 0 Å². The summed E-state index contributed by atoms with van der Waals surface area (Å²) in [5, 5.41) is 1.17. The summed E-state index contributed by atoms with van der Waals surface area (Å²) >= 11 is 0. The Morgan fingerprint density at radius 1 is 0.765 bits per heavy atom. The van der Waals surface area contributed by atoms with Crippen molar-refractivity contribution in [3.63, 3.8) is 0 Å². The van der Waals surface area contributed by atoms with Crippen LogP contribution in [-0.2, 0) is 12.8 Å². The number of alkyl halides is 3. The average molecular weight is 464 g/mol. The van der Waals surface area contributed by atoms with E-state index in [2.05, 4.69) is 0 Å². The zero-order chi connectivity index (χ0) is 23.9. The van der Waals surface area contributed by atoms with Gasteiger partial charge in [0.15, 0.2) is 0 Å². The van der Waals surface area contributed by atoms with Crippen molar-refractivity contribution in [3.05, 3.63) is 111 Å². The van der Waals surface area contributed by atoms with Crippen LogP contribution in [0.15, 0.2) is 97.3 Å². The van der Waals surface area contributed by atoms with E-state index in [9.17, 15) is 22.8 Å². The van der Waals surface area contributed by atoms with Crippen molar-refractivity contribution in [3.8, 4) is 16.9 Å². The molecule has 8 heteroatoms. The molecule has 0 fully saturated rings. The molecule has 0 unspecified atom stereocenters. The Morgan fingerprint density at radius 3 is 2.41 bits per heavy atom. The molecular formula is C26H15F3O5. The fourth-order valence-electron chi connectivity index (χ4n) is 3.71. The third-order valence-electron chi connectivity index (χ3n) is 5.31. The zero-order valence-electron chi connectivity index (χ0n) is 17.4. The van der Waals surface area contributed by atoms with Gasteiger partial charge in [-0.15, -0.1) is 0 Å². The molecule has 3 aromatic carbocycles. The molecule has 0 aliphatic rings. The van der Waals surface area contributed by atoms with Crippen LogP contribution in [0.1, 0.15) is 11.1 Å². The summed E-state index contributed by atoms with van der Waals surface area (Å²) in [6.45, 7) is -0.117. The van der Waals surface area contributed by atoms with Crippen molar-refractivity contribution in [2.24, 2.45) is 0 Å². The lowest BCUT2D eigenvalue weighted by molar-refractivity contribution is -0.137. The van der Waals surface area contributed by atoms with Gasteiger partial charge in [-0.3, -0.25) is 0 Å². The van der Waals surface area contributed by atoms with Crippen LogP contribution < -0.4 is 16.0 Å². The van der Waals surface area contributed by atoms with Crippen molar-refractivity contribution >= 4 is 21.9 Å². The number of hydrogen-bond acceptors (Lipinski definition) is 5. The maximum absolute atomic E-state index is 12.9. The van der Waals surface area contributed by atoms with Crippen LogP contribution in [0.2, 0.25) is 0 Å². The van der Waals surface area contributed by atoms with Crippen LogP contribution >= 0.6 is 0 Å². The van der Waals surface area contributed by atoms with Crippen LogP contribution in [0, 0.1) is 0 Å². The van der Waals surface area contributed by atoms with Crippen LogP contribution in [0.5, 0.6) is 5.75 Å². The quantitative estimate of drug-likeness (QED) is 0.298. The Bertz CT molecular complexity index is 1650. The molecule has 2 aromatic heterocycles. The zero-order valence-corrected chi connectivity index (χ0v) is 17.4.